The van der Waals surface area contributed by atoms with Crippen LogP contribution < -0.4 is 9.80 Å². The number of anilines is 5. The Labute approximate surface area is 405 Å². The molecule has 2 aliphatic carbocycles. The molecule has 326 valence electrons. The van der Waals surface area contributed by atoms with Crippen LogP contribution in [0.2, 0.25) is 0 Å². The summed E-state index contributed by atoms with van der Waals surface area (Å²) >= 11 is 0. The van der Waals surface area contributed by atoms with Gasteiger partial charge in [0.05, 0.1) is 33.9 Å². The Hall–Kier alpha value is -8.72. The van der Waals surface area contributed by atoms with Crippen molar-refractivity contribution < 1.29 is 0 Å². The Bertz CT molecular complexity index is 3560. The molecule has 10 aromatic carbocycles. The van der Waals surface area contributed by atoms with Crippen LogP contribution in [0.3, 0.4) is 0 Å². The zero-order valence-corrected chi connectivity index (χ0v) is 38.2. The first-order valence-corrected chi connectivity index (χ1v) is 24.2. The van der Waals surface area contributed by atoms with Gasteiger partial charge in [-0.3, -0.25) is 0 Å². The van der Waals surface area contributed by atoms with Gasteiger partial charge in [0, 0.05) is 22.4 Å². The van der Waals surface area contributed by atoms with E-state index in [1.165, 1.54) is 95.0 Å². The second-order valence-corrected chi connectivity index (χ2v) is 18.2. The van der Waals surface area contributed by atoms with E-state index in [4.69, 9.17) is 0 Å². The highest BCUT2D eigenvalue weighted by Gasteiger charge is 2.54. The van der Waals surface area contributed by atoms with Gasteiger partial charge in [-0.25, -0.2) is 0 Å². The molecule has 3 aliphatic rings. The van der Waals surface area contributed by atoms with Crippen LogP contribution in [-0.4, -0.2) is 0 Å². The smallest absolute Gasteiger partial charge is 0.0718 e. The van der Waals surface area contributed by atoms with E-state index in [0.29, 0.717) is 0 Å². The third-order valence-electron chi connectivity index (χ3n) is 14.6. The van der Waals surface area contributed by atoms with E-state index < -0.39 is 5.41 Å². The van der Waals surface area contributed by atoms with Crippen molar-refractivity contribution in [2.45, 2.75) is 18.3 Å². The summed E-state index contributed by atoms with van der Waals surface area (Å²) in [5, 5.41) is 0. The highest BCUT2D eigenvalue weighted by Crippen LogP contribution is 2.65. The molecule has 0 radical (unpaired) electrons. The molecular weight excluding hydrogens is 833 g/mol. The quantitative estimate of drug-likeness (QED) is 0.150. The number of para-hydroxylation sites is 5. The highest BCUT2D eigenvalue weighted by molar-refractivity contribution is 6.04. The van der Waals surface area contributed by atoms with Crippen molar-refractivity contribution in [2.24, 2.45) is 0 Å². The van der Waals surface area contributed by atoms with Crippen LogP contribution in [0.5, 0.6) is 0 Å². The molecule has 0 saturated heterocycles. The number of hydrogen-bond donors (Lipinski definition) is 0. The summed E-state index contributed by atoms with van der Waals surface area (Å²) in [7, 11) is 0. The third-order valence-corrected chi connectivity index (χ3v) is 14.6. The fourth-order valence-corrected chi connectivity index (χ4v) is 11.8. The maximum atomic E-state index is 2.61. The van der Waals surface area contributed by atoms with Gasteiger partial charge in [0.25, 0.3) is 0 Å². The number of benzene rings is 10. The number of nitrogens with zero attached hydrogens (tertiary/aromatic N) is 2. The molecule has 1 heterocycles. The Kier molecular flexibility index (Phi) is 9.91. The van der Waals surface area contributed by atoms with Gasteiger partial charge in [0.1, 0.15) is 0 Å². The van der Waals surface area contributed by atoms with Gasteiger partial charge in [-0.15, -0.1) is 0 Å². The fourth-order valence-electron chi connectivity index (χ4n) is 11.8. The van der Waals surface area contributed by atoms with Crippen LogP contribution in [0.4, 0.5) is 28.4 Å². The van der Waals surface area contributed by atoms with Crippen molar-refractivity contribution in [1.29, 1.82) is 0 Å². The number of rotatable bonds is 8. The van der Waals surface area contributed by atoms with Gasteiger partial charge in [-0.05, 0) is 110 Å². The molecule has 0 saturated carbocycles. The van der Waals surface area contributed by atoms with Crippen LogP contribution in [0.1, 0.15) is 35.1 Å². The van der Waals surface area contributed by atoms with Crippen LogP contribution in [0, 0.1) is 0 Å². The van der Waals surface area contributed by atoms with E-state index in [0.717, 1.165) is 29.9 Å². The lowest BCUT2D eigenvalue weighted by atomic mass is 9.62. The predicted octanol–water partition coefficient (Wildman–Crippen LogP) is 17.8. The Balaban J connectivity index is 1.08. The lowest BCUT2D eigenvalue weighted by Crippen LogP contribution is -2.37. The summed E-state index contributed by atoms with van der Waals surface area (Å²) in [5.74, 6) is 0. The molecule has 1 aliphatic heterocycles. The molecule has 2 nitrogen and oxygen atoms in total. The number of hydrogen-bond acceptors (Lipinski definition) is 2. The third kappa shape index (κ3) is 6.48. The van der Waals surface area contributed by atoms with Crippen molar-refractivity contribution in [3.63, 3.8) is 0 Å². The molecule has 10 aromatic rings. The normalized spacial score (nSPS) is 14.1. The molecule has 1 spiro atoms. The lowest BCUT2D eigenvalue weighted by molar-refractivity contribution is 0.685. The summed E-state index contributed by atoms with van der Waals surface area (Å²) in [6.07, 6.45) is 4.35. The molecule has 0 N–H and O–H groups in total. The van der Waals surface area contributed by atoms with Crippen molar-refractivity contribution in [1.82, 2.24) is 0 Å². The van der Waals surface area contributed by atoms with Crippen molar-refractivity contribution >= 4 is 34.0 Å². The molecule has 0 unspecified atom stereocenters. The zero-order valence-electron chi connectivity index (χ0n) is 38.2. The van der Waals surface area contributed by atoms with Crippen LogP contribution in [0.25, 0.3) is 50.1 Å². The van der Waals surface area contributed by atoms with Crippen LogP contribution in [-0.2, 0) is 5.41 Å². The van der Waals surface area contributed by atoms with Gasteiger partial charge in [0.15, 0.2) is 0 Å². The number of fused-ring (bicyclic) bond motifs is 8. The van der Waals surface area contributed by atoms with Gasteiger partial charge in [-0.1, -0.05) is 231 Å². The molecule has 0 fully saturated rings. The van der Waals surface area contributed by atoms with Crippen molar-refractivity contribution in [3.05, 3.63) is 300 Å². The molecular formula is C67H48N2. The summed E-state index contributed by atoms with van der Waals surface area (Å²) in [6.45, 7) is 0. The molecule has 69 heavy (non-hydrogen) atoms. The van der Waals surface area contributed by atoms with Crippen LogP contribution >= 0.6 is 0 Å². The van der Waals surface area contributed by atoms with E-state index in [1.807, 2.05) is 0 Å². The minimum absolute atomic E-state index is 0.526. The summed E-state index contributed by atoms with van der Waals surface area (Å²) < 4.78 is 0. The Morgan fingerprint density at radius 1 is 0.333 bits per heavy atom. The van der Waals surface area contributed by atoms with Gasteiger partial charge >= 0.3 is 0 Å². The van der Waals surface area contributed by atoms with Gasteiger partial charge < -0.3 is 9.80 Å². The van der Waals surface area contributed by atoms with E-state index >= 15 is 0 Å². The van der Waals surface area contributed by atoms with Gasteiger partial charge in [-0.2, -0.15) is 0 Å². The maximum Gasteiger partial charge on any atom is 0.0718 e. The highest BCUT2D eigenvalue weighted by atomic mass is 15.2. The zero-order chi connectivity index (χ0) is 45.7. The molecule has 0 bridgehead atoms. The minimum Gasteiger partial charge on any atom is -0.310 e. The molecule has 0 atom stereocenters. The molecule has 2 heteroatoms. The largest absolute Gasteiger partial charge is 0.310 e. The predicted molar refractivity (Wildman–Crippen MR) is 288 cm³/mol. The molecule has 0 amide bonds. The second kappa shape index (κ2) is 16.9. The first-order valence-electron chi connectivity index (χ1n) is 24.2. The standard InChI is InChI=1S/C67H48N2/c1-4-23-47(24-5-1)48-43-45-50(46-44-48)53-30-13-18-38-61(53)69(62-39-19-14-32-55(62)54-31-11-10-29-52(54)49-25-6-2-7-26-49)65-42-22-37-60-66(65)56-33-12-15-34-57(56)67(60)58-35-16-20-40-63(58)68(51-27-8-3-9-28-51)64-41-21-17-36-59(64)67/h1-21,23-36,38-46H,22,37H2. The average Bonchev–Trinajstić information content (AvgIpc) is 3.73. The summed E-state index contributed by atoms with van der Waals surface area (Å²) in [5.41, 5.74) is 24.1. The number of allylic oxidation sites excluding steroid dienone is 3. The monoisotopic (exact) mass is 880 g/mol. The van der Waals surface area contributed by atoms with E-state index in [-0.39, 0.29) is 0 Å². The summed E-state index contributed by atoms with van der Waals surface area (Å²) in [6, 6.07) is 96.1. The van der Waals surface area contributed by atoms with Crippen molar-refractivity contribution in [2.75, 3.05) is 9.80 Å². The second-order valence-electron chi connectivity index (χ2n) is 18.2. The first-order chi connectivity index (χ1) is 34.3. The summed E-state index contributed by atoms with van der Waals surface area (Å²) in [4.78, 5) is 5.08. The topological polar surface area (TPSA) is 6.48 Å². The van der Waals surface area contributed by atoms with Crippen molar-refractivity contribution in [3.8, 4) is 44.5 Å². The van der Waals surface area contributed by atoms with E-state index in [1.54, 1.807) is 0 Å². The minimum atomic E-state index is -0.526. The molecule has 13 rings (SSSR count). The SMILES string of the molecule is C1=C(N(c2ccccc2-c2ccc(-c3ccccc3)cc2)c2ccccc2-c2ccccc2-c2ccccc2)C2=C(CC1)C1(c3ccccc32)c2ccccc2N(c2ccccc2)c2ccccc21. The lowest BCUT2D eigenvalue weighted by Gasteiger charge is -2.46. The Morgan fingerprint density at radius 2 is 0.768 bits per heavy atom. The molecule has 0 aromatic heterocycles. The average molecular weight is 881 g/mol. The van der Waals surface area contributed by atoms with E-state index in [9.17, 15) is 0 Å². The first kappa shape index (κ1) is 40.5. The van der Waals surface area contributed by atoms with Gasteiger partial charge in [0.2, 0.25) is 0 Å². The van der Waals surface area contributed by atoms with E-state index in [2.05, 4.69) is 277 Å². The maximum absolute atomic E-state index is 2.61. The van der Waals surface area contributed by atoms with Crippen LogP contribution in [0.15, 0.2) is 278 Å². The Morgan fingerprint density at radius 3 is 1.42 bits per heavy atom. The fraction of sp³-hybridized carbons (Fsp3) is 0.0448.